The highest BCUT2D eigenvalue weighted by Crippen LogP contribution is 2.49. The molecule has 0 saturated heterocycles. The highest BCUT2D eigenvalue weighted by Gasteiger charge is 2.25. The molecule has 0 spiro atoms. The summed E-state index contributed by atoms with van der Waals surface area (Å²) in [7, 11) is 0. The first-order chi connectivity index (χ1) is 74.4. The van der Waals surface area contributed by atoms with E-state index >= 15 is 0 Å². The van der Waals surface area contributed by atoms with Crippen LogP contribution in [0.15, 0.2) is 582 Å². The minimum atomic E-state index is 1.08. The molecule has 6 nitrogen and oxygen atoms in total. The molecule has 0 fully saturated rings. The zero-order valence-electron chi connectivity index (χ0n) is 82.1. The highest BCUT2D eigenvalue weighted by atomic mass is 15.2. The van der Waals surface area contributed by atoms with Crippen LogP contribution in [0.5, 0.6) is 0 Å². The fourth-order valence-corrected chi connectivity index (χ4v) is 23.3. The Morgan fingerprint density at radius 3 is 0.720 bits per heavy atom. The predicted octanol–water partition coefficient (Wildman–Crippen LogP) is 39.5. The molecule has 29 rings (SSSR count). The van der Waals surface area contributed by atoms with E-state index in [9.17, 15) is 0 Å². The van der Waals surface area contributed by atoms with Gasteiger partial charge in [-0.05, 0) is 292 Å². The highest BCUT2D eigenvalue weighted by molar-refractivity contribution is 6.16. The van der Waals surface area contributed by atoms with Crippen molar-refractivity contribution in [2.24, 2.45) is 0 Å². The Morgan fingerprint density at radius 1 is 0.113 bits per heavy atom. The molecule has 0 radical (unpaired) electrons. The lowest BCUT2D eigenvalue weighted by Crippen LogP contribution is -2.10. The molecule has 29 aromatic rings. The second kappa shape index (κ2) is 37.4. The molecular weight excluding hydrogens is 1810 g/mol. The molecule has 0 atom stereocenters. The lowest BCUT2D eigenvalue weighted by molar-refractivity contribution is 1.18. The molecule has 702 valence electrons. The van der Waals surface area contributed by atoms with E-state index in [1.54, 1.807) is 0 Å². The quantitative estimate of drug-likeness (QED) is 0.0856. The summed E-state index contributed by atoms with van der Waals surface area (Å²) < 4.78 is 9.52. The van der Waals surface area contributed by atoms with E-state index in [-0.39, 0.29) is 0 Å². The summed E-state index contributed by atoms with van der Waals surface area (Å²) in [6.07, 6.45) is 0. The number of para-hydroxylation sites is 8. The summed E-state index contributed by atoms with van der Waals surface area (Å²) in [5.41, 5.74) is 39.9. The van der Waals surface area contributed by atoms with Gasteiger partial charge in [0.05, 0.1) is 49.8 Å². The molecule has 0 N–H and O–H groups in total. The molecule has 0 aliphatic rings. The van der Waals surface area contributed by atoms with Gasteiger partial charge in [-0.3, -0.25) is 0 Å². The molecule has 0 bridgehead atoms. The third kappa shape index (κ3) is 15.6. The summed E-state index contributed by atoms with van der Waals surface area (Å²) in [4.78, 5) is 4.79. The van der Waals surface area contributed by atoms with Crippen LogP contribution in [0, 0.1) is 0 Å². The largest absolute Gasteiger partial charge is 0.311 e. The monoisotopic (exact) mass is 1910 g/mol. The van der Waals surface area contributed by atoms with Crippen molar-refractivity contribution in [3.63, 3.8) is 0 Å². The van der Waals surface area contributed by atoms with Crippen molar-refractivity contribution in [3.8, 4) is 112 Å². The van der Waals surface area contributed by atoms with Gasteiger partial charge in [0.1, 0.15) is 0 Å². The standard InChI is InChI=1S/C74H49N3.C70H47N3/c1-3-18-57(19-4-1)76-71-29-14-12-26-67(71)69-48-56(39-46-73(69)76)63-45-47-72(65-24-10-9-23-64(63)65)75(60-42-36-54(37-43-60)62-27-15-17-53-16-7-8-22-61(53)62)59-40-34-51(35-41-59)50-30-32-52(33-31-50)55-38-44-68-66-25-11-13-28-70(66)77(74(68)49-55)58-20-5-2-6-21-58;1-3-16-56(17-4-1)72-68-25-12-10-22-64(68)66-46-54(37-45-69(66)72)51-32-40-59(41-33-51)71(60-42-34-53(35-43-60)62-23-13-15-52-14-7-8-20-61(52)62)58-38-30-49(31-39-58)48-26-28-50(29-27-48)55-36-44-65-63-21-9-11-24-67(63)73(70(65)47-55)57-18-5-2-6-19-57/h1-49H;1-47H. The van der Waals surface area contributed by atoms with Gasteiger partial charge >= 0.3 is 0 Å². The third-order valence-electron chi connectivity index (χ3n) is 30.5. The van der Waals surface area contributed by atoms with Crippen molar-refractivity contribution in [2.75, 3.05) is 9.80 Å². The SMILES string of the molecule is c1ccc(-n2c3ccccc3c3cc(-c4ccc(N(c5ccc(-c6ccc(-c7ccc8c9ccccc9n(-c9ccccc9)c8c7)cc6)cc5)c5ccc(-c6cccc7ccccc67)cc5)c5ccccc45)ccc32)cc1.c1ccc(-n2c3ccccc3c3cc(-c4ccc(N(c5ccc(-c6ccc(-c7ccc8c9ccccc9n(-c9ccccc9)c8c7)cc6)cc5)c5ccc(-c6cccc7ccccc67)cc5)cc4)ccc32)cc1. The minimum Gasteiger partial charge on any atom is -0.311 e. The minimum absolute atomic E-state index is 1.08. The summed E-state index contributed by atoms with van der Waals surface area (Å²) >= 11 is 0. The molecule has 0 unspecified atom stereocenters. The Labute approximate surface area is 869 Å². The van der Waals surface area contributed by atoms with Crippen LogP contribution in [0.25, 0.3) is 231 Å². The number of benzene rings is 25. The first-order valence-corrected chi connectivity index (χ1v) is 51.6. The molecule has 6 heteroatoms. The van der Waals surface area contributed by atoms with Crippen molar-refractivity contribution < 1.29 is 0 Å². The number of aromatic nitrogens is 4. The molecule has 0 aliphatic carbocycles. The normalized spacial score (nSPS) is 11.6. The number of hydrogen-bond donors (Lipinski definition) is 0. The maximum absolute atomic E-state index is 2.42. The first-order valence-electron chi connectivity index (χ1n) is 51.6. The number of hydrogen-bond acceptors (Lipinski definition) is 2. The summed E-state index contributed by atoms with van der Waals surface area (Å²) in [5.74, 6) is 0. The molecule has 0 saturated carbocycles. The third-order valence-corrected chi connectivity index (χ3v) is 30.5. The van der Waals surface area contributed by atoms with Crippen LogP contribution >= 0.6 is 0 Å². The molecule has 150 heavy (non-hydrogen) atoms. The number of rotatable bonds is 18. The van der Waals surface area contributed by atoms with E-state index in [0.29, 0.717) is 0 Å². The molecular formula is C144H96N6. The lowest BCUT2D eigenvalue weighted by Gasteiger charge is -2.28. The maximum Gasteiger partial charge on any atom is 0.0547 e. The topological polar surface area (TPSA) is 26.2 Å². The van der Waals surface area contributed by atoms with Crippen LogP contribution in [0.2, 0.25) is 0 Å². The van der Waals surface area contributed by atoms with E-state index < -0.39 is 0 Å². The Bertz CT molecular complexity index is 10200. The second-order valence-corrected chi connectivity index (χ2v) is 39.0. The summed E-state index contributed by atoms with van der Waals surface area (Å²) in [6, 6.07) is 212. The van der Waals surface area contributed by atoms with Crippen LogP contribution in [0.4, 0.5) is 34.1 Å². The Balaban J connectivity index is 0.000000144. The fourth-order valence-electron chi connectivity index (χ4n) is 23.3. The van der Waals surface area contributed by atoms with Crippen molar-refractivity contribution in [1.29, 1.82) is 0 Å². The van der Waals surface area contributed by atoms with Crippen LogP contribution in [0.3, 0.4) is 0 Å². The van der Waals surface area contributed by atoms with Gasteiger partial charge in [0, 0.05) is 99.7 Å². The molecule has 4 heterocycles. The summed E-state index contributed by atoms with van der Waals surface area (Å²) in [6.45, 7) is 0. The van der Waals surface area contributed by atoms with E-state index in [1.807, 2.05) is 0 Å². The Hall–Kier alpha value is -19.9. The van der Waals surface area contributed by atoms with Crippen LogP contribution < -0.4 is 9.80 Å². The van der Waals surface area contributed by atoms with Gasteiger partial charge < -0.3 is 28.1 Å². The van der Waals surface area contributed by atoms with Gasteiger partial charge in [-0.1, -0.05) is 406 Å². The van der Waals surface area contributed by atoms with Gasteiger partial charge in [0.2, 0.25) is 0 Å². The van der Waals surface area contributed by atoms with Gasteiger partial charge in [-0.25, -0.2) is 0 Å². The smallest absolute Gasteiger partial charge is 0.0547 e. The lowest BCUT2D eigenvalue weighted by atomic mass is 9.95. The fraction of sp³-hybridized carbons (Fsp3) is 0. The van der Waals surface area contributed by atoms with Gasteiger partial charge in [-0.2, -0.15) is 0 Å². The predicted molar refractivity (Wildman–Crippen MR) is 636 cm³/mol. The van der Waals surface area contributed by atoms with E-state index in [0.717, 1.165) is 62.4 Å². The number of anilines is 6. The first kappa shape index (κ1) is 87.8. The summed E-state index contributed by atoms with van der Waals surface area (Å²) in [5, 5.41) is 17.4. The zero-order chi connectivity index (χ0) is 99.1. The van der Waals surface area contributed by atoms with Gasteiger partial charge in [0.15, 0.2) is 0 Å². The molecule has 25 aromatic carbocycles. The molecule has 4 aromatic heterocycles. The maximum atomic E-state index is 2.42. The van der Waals surface area contributed by atoms with Crippen LogP contribution in [0.1, 0.15) is 0 Å². The number of nitrogens with zero attached hydrogens (tertiary/aromatic N) is 6. The second-order valence-electron chi connectivity index (χ2n) is 39.0. The van der Waals surface area contributed by atoms with E-state index in [4.69, 9.17) is 0 Å². The van der Waals surface area contributed by atoms with Gasteiger partial charge in [0.25, 0.3) is 0 Å². The average molecular weight is 1910 g/mol. The van der Waals surface area contributed by atoms with Gasteiger partial charge in [-0.15, -0.1) is 0 Å². The molecule has 0 aliphatic heterocycles. The van der Waals surface area contributed by atoms with E-state index in [2.05, 4.69) is 610 Å². The van der Waals surface area contributed by atoms with E-state index in [1.165, 1.54) is 203 Å². The number of fused-ring (bicyclic) bond motifs is 15. The van der Waals surface area contributed by atoms with Crippen molar-refractivity contribution in [1.82, 2.24) is 18.3 Å². The van der Waals surface area contributed by atoms with Crippen LogP contribution in [-0.2, 0) is 0 Å². The molecule has 0 amide bonds. The zero-order valence-corrected chi connectivity index (χ0v) is 82.1. The van der Waals surface area contributed by atoms with Crippen molar-refractivity contribution in [2.45, 2.75) is 0 Å². The van der Waals surface area contributed by atoms with Crippen LogP contribution in [-0.4, -0.2) is 18.3 Å². The average Bonchev–Trinajstić information content (AvgIpc) is 1.50. The van der Waals surface area contributed by atoms with Crippen molar-refractivity contribution in [3.05, 3.63) is 582 Å². The Kier molecular flexibility index (Phi) is 21.9. The van der Waals surface area contributed by atoms with Crippen molar-refractivity contribution >= 4 is 154 Å². The Morgan fingerprint density at radius 2 is 0.347 bits per heavy atom.